The molecule has 2 N–H and O–H groups in total. The first kappa shape index (κ1) is 19.6. The summed E-state index contributed by atoms with van der Waals surface area (Å²) < 4.78 is 13.7. The lowest BCUT2D eigenvalue weighted by atomic mass is 9.88. The number of rotatable bonds is 4. The van der Waals surface area contributed by atoms with Crippen molar-refractivity contribution < 1.29 is 4.39 Å². The molecule has 0 radical (unpaired) electrons. The highest BCUT2D eigenvalue weighted by Crippen LogP contribution is 2.29. The summed E-state index contributed by atoms with van der Waals surface area (Å²) in [7, 11) is 0. The van der Waals surface area contributed by atoms with Gasteiger partial charge in [-0.15, -0.1) is 0 Å². The Kier molecular flexibility index (Phi) is 5.19. The van der Waals surface area contributed by atoms with Crippen LogP contribution in [0.15, 0.2) is 36.4 Å². The van der Waals surface area contributed by atoms with Gasteiger partial charge >= 0.3 is 0 Å². The van der Waals surface area contributed by atoms with E-state index < -0.39 is 0 Å². The van der Waals surface area contributed by atoms with E-state index in [9.17, 15) is 9.65 Å². The number of benzene rings is 2. The van der Waals surface area contributed by atoms with Crippen LogP contribution >= 0.6 is 0 Å². The Hall–Kier alpha value is -3.20. The standard InChI is InChI=1S/C22H24FN5/c1-13-9-16(23)11-17(10-13)26-21-27-19-15(12-24)7-6-8-18(19)20(28-21)25-14(2)22(3,4)5/h6-11,14H,1-5H3,(H2,25,26,27,28). The highest BCUT2D eigenvalue weighted by atomic mass is 19.1. The summed E-state index contributed by atoms with van der Waals surface area (Å²) in [6.45, 7) is 10.3. The van der Waals surface area contributed by atoms with Gasteiger partial charge in [0, 0.05) is 17.1 Å². The molecular weight excluding hydrogens is 353 g/mol. The summed E-state index contributed by atoms with van der Waals surface area (Å²) in [5, 5.41) is 16.8. The van der Waals surface area contributed by atoms with Crippen LogP contribution in [0.1, 0.15) is 38.8 Å². The van der Waals surface area contributed by atoms with Crippen molar-refractivity contribution >= 4 is 28.4 Å². The molecule has 5 nitrogen and oxygen atoms in total. The number of aromatic nitrogens is 2. The van der Waals surface area contributed by atoms with E-state index in [4.69, 9.17) is 0 Å². The van der Waals surface area contributed by atoms with Crippen molar-refractivity contribution in [3.8, 4) is 6.07 Å². The molecule has 0 aliphatic heterocycles. The minimum atomic E-state index is -0.333. The van der Waals surface area contributed by atoms with Crippen molar-refractivity contribution in [3.05, 3.63) is 53.3 Å². The highest BCUT2D eigenvalue weighted by molar-refractivity contribution is 5.94. The lowest BCUT2D eigenvalue weighted by Gasteiger charge is -2.29. The minimum absolute atomic E-state index is 0.0113. The van der Waals surface area contributed by atoms with Crippen LogP contribution in [0.2, 0.25) is 0 Å². The van der Waals surface area contributed by atoms with Gasteiger partial charge in [0.15, 0.2) is 0 Å². The monoisotopic (exact) mass is 377 g/mol. The number of nitriles is 1. The van der Waals surface area contributed by atoms with Crippen molar-refractivity contribution in [2.24, 2.45) is 5.41 Å². The fourth-order valence-corrected chi connectivity index (χ4v) is 2.77. The predicted octanol–water partition coefficient (Wildman–Crippen LogP) is 5.54. The molecule has 0 saturated carbocycles. The zero-order valence-electron chi connectivity index (χ0n) is 16.8. The van der Waals surface area contributed by atoms with E-state index in [2.05, 4.69) is 54.4 Å². The zero-order chi connectivity index (χ0) is 20.5. The molecule has 28 heavy (non-hydrogen) atoms. The molecule has 3 aromatic rings. The second-order valence-electron chi connectivity index (χ2n) is 8.08. The van der Waals surface area contributed by atoms with Gasteiger partial charge in [0.2, 0.25) is 5.95 Å². The molecular formula is C22H24FN5. The van der Waals surface area contributed by atoms with Crippen molar-refractivity contribution in [1.29, 1.82) is 5.26 Å². The van der Waals surface area contributed by atoms with Gasteiger partial charge in [-0.2, -0.15) is 10.2 Å². The number of fused-ring (bicyclic) bond motifs is 1. The Bertz CT molecular complexity index is 1040. The molecule has 1 atom stereocenters. The lowest BCUT2D eigenvalue weighted by molar-refractivity contribution is 0.359. The van der Waals surface area contributed by atoms with Gasteiger partial charge in [0.05, 0.1) is 11.1 Å². The molecule has 1 aromatic heterocycles. The SMILES string of the molecule is Cc1cc(F)cc(Nc2nc(NC(C)C(C)(C)C)c3cccc(C#N)c3n2)c1. The molecule has 1 unspecified atom stereocenters. The first-order valence-electron chi connectivity index (χ1n) is 9.19. The normalized spacial score (nSPS) is 12.5. The van der Waals surface area contributed by atoms with E-state index >= 15 is 0 Å². The summed E-state index contributed by atoms with van der Waals surface area (Å²) in [6.07, 6.45) is 0. The Balaban J connectivity index is 2.11. The third-order valence-corrected chi connectivity index (χ3v) is 4.80. The average Bonchev–Trinajstić information content (AvgIpc) is 2.59. The third-order valence-electron chi connectivity index (χ3n) is 4.80. The van der Waals surface area contributed by atoms with Gasteiger partial charge in [-0.1, -0.05) is 26.8 Å². The second-order valence-corrected chi connectivity index (χ2v) is 8.08. The van der Waals surface area contributed by atoms with Crippen LogP contribution in [0.3, 0.4) is 0 Å². The summed E-state index contributed by atoms with van der Waals surface area (Å²) in [5.74, 6) is 0.615. The van der Waals surface area contributed by atoms with Crippen LogP contribution < -0.4 is 10.6 Å². The molecule has 1 heterocycles. The van der Waals surface area contributed by atoms with Gasteiger partial charge in [-0.05, 0) is 55.2 Å². The predicted molar refractivity (Wildman–Crippen MR) is 111 cm³/mol. The molecule has 0 amide bonds. The second kappa shape index (κ2) is 7.43. The lowest BCUT2D eigenvalue weighted by Crippen LogP contribution is -2.31. The zero-order valence-corrected chi connectivity index (χ0v) is 16.8. The number of aryl methyl sites for hydroxylation is 1. The molecule has 6 heteroatoms. The van der Waals surface area contributed by atoms with Gasteiger partial charge in [0.25, 0.3) is 0 Å². The topological polar surface area (TPSA) is 73.6 Å². The summed E-state index contributed by atoms with van der Waals surface area (Å²) in [6, 6.07) is 12.4. The smallest absolute Gasteiger partial charge is 0.229 e. The maximum atomic E-state index is 13.7. The van der Waals surface area contributed by atoms with Gasteiger partial charge in [-0.3, -0.25) is 0 Å². The van der Waals surface area contributed by atoms with Crippen LogP contribution in [0.5, 0.6) is 0 Å². The summed E-state index contributed by atoms with van der Waals surface area (Å²) in [5.41, 5.74) is 2.38. The van der Waals surface area contributed by atoms with Gasteiger partial charge < -0.3 is 10.6 Å². The number of nitrogens with zero attached hydrogens (tertiary/aromatic N) is 3. The largest absolute Gasteiger partial charge is 0.366 e. The quantitative estimate of drug-likeness (QED) is 0.624. The molecule has 0 aliphatic rings. The fraction of sp³-hybridized carbons (Fsp3) is 0.318. The van der Waals surface area contributed by atoms with Crippen LogP contribution in [-0.4, -0.2) is 16.0 Å². The van der Waals surface area contributed by atoms with Crippen LogP contribution in [0.4, 0.5) is 21.8 Å². The molecule has 0 saturated heterocycles. The summed E-state index contributed by atoms with van der Waals surface area (Å²) >= 11 is 0. The molecule has 0 fully saturated rings. The number of hydrogen-bond donors (Lipinski definition) is 2. The van der Waals surface area contributed by atoms with E-state index in [0.717, 1.165) is 10.9 Å². The van der Waals surface area contributed by atoms with Crippen molar-refractivity contribution in [3.63, 3.8) is 0 Å². The van der Waals surface area contributed by atoms with Crippen molar-refractivity contribution in [1.82, 2.24) is 9.97 Å². The fourth-order valence-electron chi connectivity index (χ4n) is 2.77. The van der Waals surface area contributed by atoms with Crippen LogP contribution in [0, 0.1) is 29.5 Å². The Morgan fingerprint density at radius 3 is 2.54 bits per heavy atom. The molecule has 2 aromatic carbocycles. The molecule has 0 spiro atoms. The molecule has 0 aliphatic carbocycles. The van der Waals surface area contributed by atoms with E-state index in [-0.39, 0.29) is 17.3 Å². The van der Waals surface area contributed by atoms with Gasteiger partial charge in [0.1, 0.15) is 17.7 Å². The van der Waals surface area contributed by atoms with E-state index in [1.54, 1.807) is 6.07 Å². The minimum Gasteiger partial charge on any atom is -0.366 e. The summed E-state index contributed by atoms with van der Waals surface area (Å²) in [4.78, 5) is 9.14. The Labute approximate surface area is 164 Å². The maximum Gasteiger partial charge on any atom is 0.229 e. The number of para-hydroxylation sites is 1. The molecule has 0 bridgehead atoms. The highest BCUT2D eigenvalue weighted by Gasteiger charge is 2.22. The van der Waals surface area contributed by atoms with Gasteiger partial charge in [-0.25, -0.2) is 9.37 Å². The third kappa shape index (κ3) is 4.20. The van der Waals surface area contributed by atoms with Crippen molar-refractivity contribution in [2.45, 2.75) is 40.7 Å². The first-order chi connectivity index (χ1) is 13.2. The average molecular weight is 377 g/mol. The van der Waals surface area contributed by atoms with E-state index in [1.807, 2.05) is 25.1 Å². The van der Waals surface area contributed by atoms with Crippen molar-refractivity contribution in [2.75, 3.05) is 10.6 Å². The Morgan fingerprint density at radius 2 is 1.89 bits per heavy atom. The van der Waals surface area contributed by atoms with E-state index in [1.165, 1.54) is 12.1 Å². The molecule has 3 rings (SSSR count). The van der Waals surface area contributed by atoms with Crippen LogP contribution in [0.25, 0.3) is 10.9 Å². The van der Waals surface area contributed by atoms with Crippen LogP contribution in [-0.2, 0) is 0 Å². The molecule has 144 valence electrons. The number of anilines is 3. The van der Waals surface area contributed by atoms with E-state index in [0.29, 0.717) is 28.5 Å². The number of hydrogen-bond acceptors (Lipinski definition) is 5. The first-order valence-corrected chi connectivity index (χ1v) is 9.19. The number of halogens is 1. The Morgan fingerprint density at radius 1 is 1.14 bits per heavy atom. The maximum absolute atomic E-state index is 13.7. The number of nitrogens with one attached hydrogen (secondary N) is 2.